The Hall–Kier alpha value is -0.0400. The van der Waals surface area contributed by atoms with Gasteiger partial charge < -0.3 is 15.3 Å². The van der Waals surface area contributed by atoms with Gasteiger partial charge in [0.15, 0.2) is 5.96 Å². The molecule has 0 bridgehead atoms. The van der Waals surface area contributed by atoms with E-state index in [0.717, 1.165) is 44.9 Å². The Bertz CT molecular complexity index is 344. The minimum atomic E-state index is -0.121. The van der Waals surface area contributed by atoms with Crippen molar-refractivity contribution in [2.45, 2.75) is 58.5 Å². The maximum Gasteiger partial charge on any atom is 0.193 e. The lowest BCUT2D eigenvalue weighted by Gasteiger charge is -2.28. The van der Waals surface area contributed by atoms with Gasteiger partial charge in [-0.2, -0.15) is 0 Å². The summed E-state index contributed by atoms with van der Waals surface area (Å²) in [5, 5.41) is 13.4. The Morgan fingerprint density at radius 2 is 2.05 bits per heavy atom. The molecule has 1 aliphatic heterocycles. The molecule has 4 nitrogen and oxygen atoms in total. The van der Waals surface area contributed by atoms with Crippen molar-refractivity contribution < 1.29 is 5.11 Å². The fraction of sp³-hybridized carbons (Fsp3) is 0.938. The van der Waals surface area contributed by atoms with Gasteiger partial charge in [-0.3, -0.25) is 4.99 Å². The van der Waals surface area contributed by atoms with E-state index in [0.29, 0.717) is 11.3 Å². The fourth-order valence-electron chi connectivity index (χ4n) is 3.75. The Kier molecular flexibility index (Phi) is 7.74. The highest BCUT2D eigenvalue weighted by molar-refractivity contribution is 14.0. The van der Waals surface area contributed by atoms with Crippen LogP contribution in [0.25, 0.3) is 0 Å². The van der Waals surface area contributed by atoms with Crippen LogP contribution >= 0.6 is 24.0 Å². The van der Waals surface area contributed by atoms with Gasteiger partial charge >= 0.3 is 0 Å². The summed E-state index contributed by atoms with van der Waals surface area (Å²) < 4.78 is 0. The SMILES string of the molecule is CCC1(CC)CCN(C(=NC)NCC2CCCC2O)C1.I. The number of aliphatic imine (C=N–C) groups is 1. The van der Waals surface area contributed by atoms with E-state index in [4.69, 9.17) is 0 Å². The molecule has 21 heavy (non-hydrogen) atoms. The second-order valence-electron chi connectivity index (χ2n) is 6.57. The van der Waals surface area contributed by atoms with Crippen molar-refractivity contribution >= 4 is 29.9 Å². The van der Waals surface area contributed by atoms with E-state index >= 15 is 0 Å². The molecule has 124 valence electrons. The zero-order valence-electron chi connectivity index (χ0n) is 13.8. The second-order valence-corrected chi connectivity index (χ2v) is 6.57. The quantitative estimate of drug-likeness (QED) is 0.427. The molecule has 1 aliphatic carbocycles. The predicted octanol–water partition coefficient (Wildman–Crippen LogP) is 2.85. The van der Waals surface area contributed by atoms with E-state index in [-0.39, 0.29) is 30.1 Å². The Balaban J connectivity index is 0.00000220. The summed E-state index contributed by atoms with van der Waals surface area (Å²) in [6, 6.07) is 0. The van der Waals surface area contributed by atoms with Crippen LogP contribution in [0.4, 0.5) is 0 Å². The monoisotopic (exact) mass is 409 g/mol. The molecule has 1 saturated heterocycles. The first-order valence-corrected chi connectivity index (χ1v) is 8.28. The number of hydrogen-bond donors (Lipinski definition) is 2. The number of hydrogen-bond acceptors (Lipinski definition) is 2. The second kappa shape index (κ2) is 8.56. The number of likely N-dealkylation sites (tertiary alicyclic amines) is 1. The molecule has 0 radical (unpaired) electrons. The molecule has 1 saturated carbocycles. The van der Waals surface area contributed by atoms with Crippen molar-refractivity contribution in [3.8, 4) is 0 Å². The summed E-state index contributed by atoms with van der Waals surface area (Å²) in [4.78, 5) is 6.84. The van der Waals surface area contributed by atoms with Crippen LogP contribution in [0.1, 0.15) is 52.4 Å². The summed E-state index contributed by atoms with van der Waals surface area (Å²) in [5.41, 5.74) is 0.477. The Morgan fingerprint density at radius 1 is 1.33 bits per heavy atom. The summed E-state index contributed by atoms with van der Waals surface area (Å²) in [5.74, 6) is 1.42. The van der Waals surface area contributed by atoms with Crippen molar-refractivity contribution in [2.75, 3.05) is 26.7 Å². The minimum Gasteiger partial charge on any atom is -0.393 e. The van der Waals surface area contributed by atoms with Crippen LogP contribution < -0.4 is 5.32 Å². The van der Waals surface area contributed by atoms with Crippen molar-refractivity contribution in [1.29, 1.82) is 0 Å². The molecular weight excluding hydrogens is 377 g/mol. The van der Waals surface area contributed by atoms with Crippen molar-refractivity contribution in [2.24, 2.45) is 16.3 Å². The highest BCUT2D eigenvalue weighted by Crippen LogP contribution is 2.36. The molecule has 2 unspecified atom stereocenters. The number of nitrogens with one attached hydrogen (secondary N) is 1. The third-order valence-corrected chi connectivity index (χ3v) is 5.59. The van der Waals surface area contributed by atoms with Gasteiger partial charge in [0.25, 0.3) is 0 Å². The largest absolute Gasteiger partial charge is 0.393 e. The van der Waals surface area contributed by atoms with Gasteiger partial charge in [0.05, 0.1) is 6.10 Å². The van der Waals surface area contributed by atoms with E-state index in [1.165, 1.54) is 19.3 Å². The van der Waals surface area contributed by atoms with Gasteiger partial charge in [-0.25, -0.2) is 0 Å². The molecule has 5 heteroatoms. The number of aliphatic hydroxyl groups excluding tert-OH is 1. The van der Waals surface area contributed by atoms with Crippen molar-refractivity contribution in [3.63, 3.8) is 0 Å². The number of nitrogens with zero attached hydrogens (tertiary/aromatic N) is 2. The molecule has 2 rings (SSSR count). The summed E-state index contributed by atoms with van der Waals surface area (Å²) >= 11 is 0. The lowest BCUT2D eigenvalue weighted by atomic mass is 9.82. The third-order valence-electron chi connectivity index (χ3n) is 5.59. The predicted molar refractivity (Wildman–Crippen MR) is 99.3 cm³/mol. The number of guanidine groups is 1. The molecule has 2 atom stereocenters. The molecule has 2 N–H and O–H groups in total. The van der Waals surface area contributed by atoms with Crippen LogP contribution in [-0.4, -0.2) is 48.8 Å². The smallest absolute Gasteiger partial charge is 0.193 e. The molecule has 0 amide bonds. The van der Waals surface area contributed by atoms with Crippen LogP contribution in [0, 0.1) is 11.3 Å². The average Bonchev–Trinajstić information content (AvgIpc) is 3.07. The zero-order chi connectivity index (χ0) is 14.6. The van der Waals surface area contributed by atoms with Gasteiger partial charge in [0.1, 0.15) is 0 Å². The highest BCUT2D eigenvalue weighted by Gasteiger charge is 2.36. The van der Waals surface area contributed by atoms with Gasteiger partial charge in [0.2, 0.25) is 0 Å². The van der Waals surface area contributed by atoms with Crippen LogP contribution in [0.5, 0.6) is 0 Å². The maximum atomic E-state index is 9.91. The lowest BCUT2D eigenvalue weighted by Crippen LogP contribution is -2.43. The van der Waals surface area contributed by atoms with Gasteiger partial charge in [-0.05, 0) is 37.5 Å². The maximum absolute atomic E-state index is 9.91. The van der Waals surface area contributed by atoms with Crippen LogP contribution in [0.2, 0.25) is 0 Å². The molecule has 2 aliphatic rings. The van der Waals surface area contributed by atoms with Crippen molar-refractivity contribution in [3.05, 3.63) is 0 Å². The lowest BCUT2D eigenvalue weighted by molar-refractivity contribution is 0.133. The molecule has 2 fully saturated rings. The molecular formula is C16H32IN3O. The summed E-state index contributed by atoms with van der Waals surface area (Å²) in [6.45, 7) is 7.69. The highest BCUT2D eigenvalue weighted by atomic mass is 127. The summed E-state index contributed by atoms with van der Waals surface area (Å²) in [7, 11) is 1.87. The van der Waals surface area contributed by atoms with E-state index < -0.39 is 0 Å². The van der Waals surface area contributed by atoms with E-state index in [1.807, 2.05) is 7.05 Å². The molecule has 0 spiro atoms. The number of rotatable bonds is 4. The van der Waals surface area contributed by atoms with Gasteiger partial charge in [-0.1, -0.05) is 20.3 Å². The normalized spacial score (nSPS) is 28.6. The first-order valence-electron chi connectivity index (χ1n) is 8.28. The van der Waals surface area contributed by atoms with E-state index in [9.17, 15) is 5.11 Å². The minimum absolute atomic E-state index is 0. The zero-order valence-corrected chi connectivity index (χ0v) is 16.1. The van der Waals surface area contributed by atoms with Crippen molar-refractivity contribution in [1.82, 2.24) is 10.2 Å². The number of halogens is 1. The standard InChI is InChI=1S/C16H31N3O.HI/c1-4-16(5-2)9-10-19(12-16)15(17-3)18-11-13-7-6-8-14(13)20;/h13-14,20H,4-12H2,1-3H3,(H,17,18);1H. The molecule has 0 aromatic rings. The summed E-state index contributed by atoms with van der Waals surface area (Å²) in [6.07, 6.45) is 6.90. The van der Waals surface area contributed by atoms with E-state index in [1.54, 1.807) is 0 Å². The van der Waals surface area contributed by atoms with E-state index in [2.05, 4.69) is 29.1 Å². The van der Waals surface area contributed by atoms with Crippen LogP contribution in [0.3, 0.4) is 0 Å². The van der Waals surface area contributed by atoms with Gasteiger partial charge in [0, 0.05) is 32.6 Å². The Labute approximate surface area is 146 Å². The first-order chi connectivity index (χ1) is 9.64. The van der Waals surface area contributed by atoms with Gasteiger partial charge in [-0.15, -0.1) is 24.0 Å². The number of aliphatic hydroxyl groups is 1. The fourth-order valence-corrected chi connectivity index (χ4v) is 3.75. The molecule has 0 aromatic heterocycles. The third kappa shape index (κ3) is 4.47. The first kappa shape index (κ1) is 19.0. The van der Waals surface area contributed by atoms with Crippen LogP contribution in [-0.2, 0) is 0 Å². The molecule has 1 heterocycles. The topological polar surface area (TPSA) is 47.9 Å². The average molecular weight is 409 g/mol. The molecule has 0 aromatic carbocycles. The van der Waals surface area contributed by atoms with Crippen LogP contribution in [0.15, 0.2) is 4.99 Å². The Morgan fingerprint density at radius 3 is 2.52 bits per heavy atom.